The molecule has 0 aliphatic carbocycles. The van der Waals surface area contributed by atoms with Crippen LogP contribution in [0.15, 0.2) is 18.2 Å². The Morgan fingerprint density at radius 1 is 1.35 bits per heavy atom. The van der Waals surface area contributed by atoms with Gasteiger partial charge in [-0.3, -0.25) is 5.32 Å². The van der Waals surface area contributed by atoms with Gasteiger partial charge in [-0.05, 0) is 45.4 Å². The van der Waals surface area contributed by atoms with Crippen LogP contribution in [-0.4, -0.2) is 37.7 Å². The molecule has 0 bridgehead atoms. The normalized spacial score (nSPS) is 20.1. The third kappa shape index (κ3) is 5.38. The number of nitrogens with one attached hydrogen (secondary N) is 2. The van der Waals surface area contributed by atoms with Gasteiger partial charge >= 0.3 is 6.09 Å². The summed E-state index contributed by atoms with van der Waals surface area (Å²) in [5.74, 6) is -0.429. The van der Waals surface area contributed by atoms with E-state index in [-0.39, 0.29) is 23.2 Å². The quantitative estimate of drug-likeness (QED) is 0.881. The van der Waals surface area contributed by atoms with Crippen molar-refractivity contribution in [3.05, 3.63) is 24.0 Å². The standard InChI is InChI=1S/C15H21FN2O4S/c1-15(2,3)22-14(19)18-10-4-5-12(16)13(8-10)17-11-6-7-23(20,21)9-11/h4-5,8,11,17H,6-7,9H2,1-3H3,(H,18,19). The summed E-state index contributed by atoms with van der Waals surface area (Å²) < 4.78 is 41.9. The van der Waals surface area contributed by atoms with Crippen LogP contribution in [-0.2, 0) is 14.6 Å². The Labute approximate surface area is 135 Å². The molecule has 1 unspecified atom stereocenters. The minimum atomic E-state index is -3.05. The van der Waals surface area contributed by atoms with Crippen molar-refractivity contribution >= 4 is 27.3 Å². The van der Waals surface area contributed by atoms with E-state index >= 15 is 0 Å². The second-order valence-corrected chi connectivity index (χ2v) is 8.79. The van der Waals surface area contributed by atoms with Crippen LogP contribution in [0.1, 0.15) is 27.2 Å². The van der Waals surface area contributed by atoms with Crippen LogP contribution in [0.3, 0.4) is 0 Å². The van der Waals surface area contributed by atoms with Crippen LogP contribution in [0.5, 0.6) is 0 Å². The number of benzene rings is 1. The fraction of sp³-hybridized carbons (Fsp3) is 0.533. The average molecular weight is 344 g/mol. The van der Waals surface area contributed by atoms with Gasteiger partial charge in [-0.2, -0.15) is 0 Å². The molecule has 0 aromatic heterocycles. The van der Waals surface area contributed by atoms with Crippen molar-refractivity contribution in [2.45, 2.75) is 38.8 Å². The van der Waals surface area contributed by atoms with Crippen LogP contribution in [0.2, 0.25) is 0 Å². The Kier molecular flexibility index (Phi) is 4.84. The zero-order valence-corrected chi connectivity index (χ0v) is 14.2. The fourth-order valence-corrected chi connectivity index (χ4v) is 3.94. The van der Waals surface area contributed by atoms with E-state index < -0.39 is 27.3 Å². The van der Waals surface area contributed by atoms with Crippen molar-refractivity contribution in [1.29, 1.82) is 0 Å². The zero-order valence-electron chi connectivity index (χ0n) is 13.3. The smallest absolute Gasteiger partial charge is 0.412 e. The molecule has 2 rings (SSSR count). The van der Waals surface area contributed by atoms with Crippen LogP contribution >= 0.6 is 0 Å². The molecule has 23 heavy (non-hydrogen) atoms. The first kappa shape index (κ1) is 17.5. The molecule has 1 amide bonds. The van der Waals surface area contributed by atoms with Gasteiger partial charge in [0.05, 0.1) is 17.2 Å². The third-order valence-electron chi connectivity index (χ3n) is 3.20. The van der Waals surface area contributed by atoms with Crippen LogP contribution in [0, 0.1) is 5.82 Å². The molecule has 128 valence electrons. The lowest BCUT2D eigenvalue weighted by Crippen LogP contribution is -2.27. The number of sulfone groups is 1. The van der Waals surface area contributed by atoms with E-state index in [4.69, 9.17) is 4.74 Å². The minimum absolute atomic E-state index is 0.0177. The number of ether oxygens (including phenoxy) is 1. The van der Waals surface area contributed by atoms with E-state index in [1.807, 2.05) is 0 Å². The molecule has 6 nitrogen and oxygen atoms in total. The molecule has 8 heteroatoms. The molecular weight excluding hydrogens is 323 g/mol. The molecular formula is C15H21FN2O4S. The monoisotopic (exact) mass is 344 g/mol. The maximum atomic E-state index is 13.9. The van der Waals surface area contributed by atoms with E-state index in [0.29, 0.717) is 12.1 Å². The number of hydrogen-bond donors (Lipinski definition) is 2. The summed E-state index contributed by atoms with van der Waals surface area (Å²) >= 11 is 0. The molecule has 1 heterocycles. The first-order valence-electron chi connectivity index (χ1n) is 7.31. The molecule has 1 aliphatic heterocycles. The predicted molar refractivity (Wildman–Crippen MR) is 86.9 cm³/mol. The van der Waals surface area contributed by atoms with Crippen molar-refractivity contribution < 1.29 is 22.3 Å². The Hall–Kier alpha value is -1.83. The number of amides is 1. The highest BCUT2D eigenvalue weighted by atomic mass is 32.2. The zero-order chi connectivity index (χ0) is 17.3. The number of carbonyl (C=O) groups excluding carboxylic acids is 1. The first-order chi connectivity index (χ1) is 10.5. The summed E-state index contributed by atoms with van der Waals surface area (Å²) in [6, 6.07) is 3.71. The number of carbonyl (C=O) groups is 1. The van der Waals surface area contributed by atoms with Crippen LogP contribution in [0.25, 0.3) is 0 Å². The first-order valence-corrected chi connectivity index (χ1v) is 9.13. The average Bonchev–Trinajstić information content (AvgIpc) is 2.70. The maximum Gasteiger partial charge on any atom is 0.412 e. The van der Waals surface area contributed by atoms with E-state index in [1.165, 1.54) is 18.2 Å². The highest BCUT2D eigenvalue weighted by Gasteiger charge is 2.28. The summed E-state index contributed by atoms with van der Waals surface area (Å²) in [7, 11) is -3.05. The topological polar surface area (TPSA) is 84.5 Å². The van der Waals surface area contributed by atoms with Crippen LogP contribution < -0.4 is 10.6 Å². The molecule has 1 aliphatic rings. The predicted octanol–water partition coefficient (Wildman–Crippen LogP) is 2.77. The lowest BCUT2D eigenvalue weighted by molar-refractivity contribution is 0.0636. The Balaban J connectivity index is 2.06. The molecule has 1 saturated heterocycles. The minimum Gasteiger partial charge on any atom is -0.444 e. The van der Waals surface area contributed by atoms with E-state index in [9.17, 15) is 17.6 Å². The van der Waals surface area contributed by atoms with Gasteiger partial charge in [0.1, 0.15) is 11.4 Å². The largest absolute Gasteiger partial charge is 0.444 e. The summed E-state index contributed by atoms with van der Waals surface area (Å²) in [6.45, 7) is 5.22. The fourth-order valence-electron chi connectivity index (χ4n) is 2.26. The lowest BCUT2D eigenvalue weighted by atomic mass is 10.2. The van der Waals surface area contributed by atoms with Crippen molar-refractivity contribution in [3.63, 3.8) is 0 Å². The maximum absolute atomic E-state index is 13.9. The molecule has 1 aromatic rings. The van der Waals surface area contributed by atoms with E-state index in [0.717, 1.165) is 0 Å². The highest BCUT2D eigenvalue weighted by molar-refractivity contribution is 7.91. The highest BCUT2D eigenvalue weighted by Crippen LogP contribution is 2.24. The van der Waals surface area contributed by atoms with Crippen molar-refractivity contribution in [2.24, 2.45) is 0 Å². The second-order valence-electron chi connectivity index (χ2n) is 6.57. The number of rotatable bonds is 3. The van der Waals surface area contributed by atoms with Crippen molar-refractivity contribution in [3.8, 4) is 0 Å². The molecule has 0 radical (unpaired) electrons. The van der Waals surface area contributed by atoms with Gasteiger partial charge in [0.2, 0.25) is 0 Å². The summed E-state index contributed by atoms with van der Waals surface area (Å²) in [4.78, 5) is 11.7. The van der Waals surface area contributed by atoms with Gasteiger partial charge < -0.3 is 10.1 Å². The molecule has 1 fully saturated rings. The van der Waals surface area contributed by atoms with Gasteiger partial charge in [-0.25, -0.2) is 17.6 Å². The number of hydrogen-bond acceptors (Lipinski definition) is 5. The Bertz CT molecular complexity index is 698. The van der Waals surface area contributed by atoms with E-state index in [2.05, 4.69) is 10.6 Å². The molecule has 1 aromatic carbocycles. The van der Waals surface area contributed by atoms with Gasteiger partial charge in [-0.1, -0.05) is 0 Å². The van der Waals surface area contributed by atoms with Gasteiger partial charge in [0, 0.05) is 11.7 Å². The SMILES string of the molecule is CC(C)(C)OC(=O)Nc1ccc(F)c(NC2CCS(=O)(=O)C2)c1. The molecule has 0 spiro atoms. The second kappa shape index (κ2) is 6.35. The number of anilines is 2. The summed E-state index contributed by atoms with van der Waals surface area (Å²) in [5.41, 5.74) is -0.117. The number of halogens is 1. The van der Waals surface area contributed by atoms with Gasteiger partial charge in [-0.15, -0.1) is 0 Å². The summed E-state index contributed by atoms with van der Waals surface area (Å²) in [5, 5.41) is 5.40. The molecule has 0 saturated carbocycles. The van der Waals surface area contributed by atoms with Crippen molar-refractivity contribution in [2.75, 3.05) is 22.1 Å². The lowest BCUT2D eigenvalue weighted by Gasteiger charge is -2.20. The van der Waals surface area contributed by atoms with E-state index in [1.54, 1.807) is 20.8 Å². The molecule has 2 N–H and O–H groups in total. The third-order valence-corrected chi connectivity index (χ3v) is 4.97. The summed E-state index contributed by atoms with van der Waals surface area (Å²) in [6.07, 6.45) is -0.204. The van der Waals surface area contributed by atoms with Crippen LogP contribution in [0.4, 0.5) is 20.6 Å². The molecule has 1 atom stereocenters. The Morgan fingerprint density at radius 3 is 2.61 bits per heavy atom. The van der Waals surface area contributed by atoms with Gasteiger partial charge in [0.25, 0.3) is 0 Å². The van der Waals surface area contributed by atoms with Crippen molar-refractivity contribution in [1.82, 2.24) is 0 Å². The Morgan fingerprint density at radius 2 is 2.04 bits per heavy atom. The van der Waals surface area contributed by atoms with Gasteiger partial charge in [0.15, 0.2) is 9.84 Å².